The number of fused-ring (bicyclic) bond motifs is 1. The molecule has 160 valence electrons. The van der Waals surface area contributed by atoms with E-state index in [2.05, 4.69) is 19.9 Å². The van der Waals surface area contributed by atoms with Crippen LogP contribution in [0.1, 0.15) is 11.5 Å². The van der Waals surface area contributed by atoms with Gasteiger partial charge in [-0.25, -0.2) is 4.79 Å². The number of aromatic nitrogens is 3. The highest BCUT2D eigenvalue weighted by Crippen LogP contribution is 2.21. The maximum Gasteiger partial charge on any atom is 0.421 e. The van der Waals surface area contributed by atoms with E-state index in [4.69, 9.17) is 20.5 Å². The number of hydrogen-bond donors (Lipinski definition) is 0. The van der Waals surface area contributed by atoms with Crippen molar-refractivity contribution in [3.63, 3.8) is 0 Å². The molecule has 1 aliphatic heterocycles. The Labute approximate surface area is 183 Å². The molecule has 31 heavy (non-hydrogen) atoms. The SMILES string of the molecule is Cc1ccccc1-c1noc(CN2CCN(Cn3c(=O)oc4cc(Cl)ccc43)CC2)n1. The summed E-state index contributed by atoms with van der Waals surface area (Å²) >= 11 is 5.99. The van der Waals surface area contributed by atoms with Crippen LogP contribution < -0.4 is 5.76 Å². The molecule has 8 nitrogen and oxygen atoms in total. The van der Waals surface area contributed by atoms with Crippen molar-refractivity contribution in [2.45, 2.75) is 20.1 Å². The molecule has 1 fully saturated rings. The van der Waals surface area contributed by atoms with Gasteiger partial charge in [0.2, 0.25) is 11.7 Å². The molecule has 0 amide bonds. The summed E-state index contributed by atoms with van der Waals surface area (Å²) in [7, 11) is 0. The molecule has 4 aromatic rings. The molecule has 9 heteroatoms. The largest absolute Gasteiger partial charge is 0.421 e. The van der Waals surface area contributed by atoms with Crippen LogP contribution in [0, 0.1) is 6.92 Å². The van der Waals surface area contributed by atoms with Crippen molar-refractivity contribution < 1.29 is 8.94 Å². The Morgan fingerprint density at radius 1 is 1.06 bits per heavy atom. The molecule has 0 radical (unpaired) electrons. The number of nitrogens with zero attached hydrogens (tertiary/aromatic N) is 5. The quantitative estimate of drug-likeness (QED) is 0.471. The van der Waals surface area contributed by atoms with Crippen LogP contribution in [-0.2, 0) is 13.2 Å². The van der Waals surface area contributed by atoms with Crippen molar-refractivity contribution >= 4 is 22.7 Å². The van der Waals surface area contributed by atoms with Crippen molar-refractivity contribution in [1.29, 1.82) is 0 Å². The van der Waals surface area contributed by atoms with Crippen molar-refractivity contribution in [2.24, 2.45) is 0 Å². The van der Waals surface area contributed by atoms with Gasteiger partial charge in [0.1, 0.15) is 0 Å². The molecule has 0 bridgehead atoms. The molecule has 2 aromatic carbocycles. The van der Waals surface area contributed by atoms with Gasteiger partial charge in [-0.1, -0.05) is 41.0 Å². The Hall–Kier alpha value is -2.94. The fourth-order valence-corrected chi connectivity index (χ4v) is 4.07. The zero-order chi connectivity index (χ0) is 21.4. The molecule has 5 rings (SSSR count). The highest BCUT2D eigenvalue weighted by molar-refractivity contribution is 6.31. The van der Waals surface area contributed by atoms with E-state index >= 15 is 0 Å². The number of halogens is 1. The minimum Gasteiger partial charge on any atom is -0.408 e. The second-order valence-corrected chi connectivity index (χ2v) is 8.21. The predicted octanol–water partition coefficient (Wildman–Crippen LogP) is 3.38. The summed E-state index contributed by atoms with van der Waals surface area (Å²) in [6.07, 6.45) is 0. The second-order valence-electron chi connectivity index (χ2n) is 7.77. The zero-order valence-electron chi connectivity index (χ0n) is 17.1. The molecule has 3 heterocycles. The van der Waals surface area contributed by atoms with Crippen LogP contribution in [-0.4, -0.2) is 50.7 Å². The summed E-state index contributed by atoms with van der Waals surface area (Å²) in [5.41, 5.74) is 3.37. The summed E-state index contributed by atoms with van der Waals surface area (Å²) in [5, 5.41) is 4.69. The van der Waals surface area contributed by atoms with Crippen LogP contribution >= 0.6 is 11.6 Å². The lowest BCUT2D eigenvalue weighted by molar-refractivity contribution is 0.0942. The molecule has 0 atom stereocenters. The standard InChI is InChI=1S/C22H22ClN5O3/c1-15-4-2-3-5-17(15)21-24-20(31-25-21)13-26-8-10-27(11-9-26)14-28-18-7-6-16(23)12-19(18)30-22(28)29/h2-7,12H,8-11,13-14H2,1H3. The smallest absolute Gasteiger partial charge is 0.408 e. The Morgan fingerprint density at radius 2 is 1.84 bits per heavy atom. The third kappa shape index (κ3) is 4.14. The van der Waals surface area contributed by atoms with Crippen LogP contribution in [0.3, 0.4) is 0 Å². The first-order valence-corrected chi connectivity index (χ1v) is 10.6. The van der Waals surface area contributed by atoms with Gasteiger partial charge in [0.15, 0.2) is 5.58 Å². The molecule has 0 spiro atoms. The zero-order valence-corrected chi connectivity index (χ0v) is 17.9. The second kappa shape index (κ2) is 8.30. The van der Waals surface area contributed by atoms with Gasteiger partial charge in [0.25, 0.3) is 0 Å². The molecule has 0 N–H and O–H groups in total. The third-order valence-corrected chi connectivity index (χ3v) is 5.88. The van der Waals surface area contributed by atoms with Gasteiger partial charge in [-0.05, 0) is 24.6 Å². The summed E-state index contributed by atoms with van der Waals surface area (Å²) in [6.45, 7) is 6.47. The van der Waals surface area contributed by atoms with E-state index in [1.165, 1.54) is 0 Å². The summed E-state index contributed by atoms with van der Waals surface area (Å²) in [4.78, 5) is 21.3. The average molecular weight is 440 g/mol. The van der Waals surface area contributed by atoms with Crippen LogP contribution in [0.25, 0.3) is 22.5 Å². The number of benzene rings is 2. The van der Waals surface area contributed by atoms with E-state index in [-0.39, 0.29) is 5.76 Å². The van der Waals surface area contributed by atoms with Gasteiger partial charge in [0, 0.05) is 42.8 Å². The van der Waals surface area contributed by atoms with Crippen molar-refractivity contribution in [2.75, 3.05) is 26.2 Å². The number of aryl methyl sites for hydroxylation is 1. The summed E-state index contributed by atoms with van der Waals surface area (Å²) in [6, 6.07) is 13.3. The summed E-state index contributed by atoms with van der Waals surface area (Å²) < 4.78 is 12.5. The molecular formula is C22H22ClN5O3. The number of oxazole rings is 1. The average Bonchev–Trinajstić information content (AvgIpc) is 3.34. The van der Waals surface area contributed by atoms with Crippen molar-refractivity contribution in [3.05, 3.63) is 69.5 Å². The Kier molecular flexibility index (Phi) is 5.35. The van der Waals surface area contributed by atoms with Gasteiger partial charge >= 0.3 is 5.76 Å². The Balaban J connectivity index is 1.20. The maximum absolute atomic E-state index is 12.3. The van der Waals surface area contributed by atoms with E-state index in [1.54, 1.807) is 16.7 Å². The van der Waals surface area contributed by atoms with E-state index in [9.17, 15) is 4.79 Å². The Bertz CT molecular complexity index is 1270. The van der Waals surface area contributed by atoms with Crippen LogP contribution in [0.5, 0.6) is 0 Å². The van der Waals surface area contributed by atoms with Crippen molar-refractivity contribution in [1.82, 2.24) is 24.5 Å². The monoisotopic (exact) mass is 439 g/mol. The van der Waals surface area contributed by atoms with Crippen LogP contribution in [0.4, 0.5) is 0 Å². The molecular weight excluding hydrogens is 418 g/mol. The lowest BCUT2D eigenvalue weighted by atomic mass is 10.1. The van der Waals surface area contributed by atoms with Crippen LogP contribution in [0.15, 0.2) is 56.2 Å². The molecule has 1 aliphatic rings. The fourth-order valence-electron chi connectivity index (χ4n) is 3.91. The van der Waals surface area contributed by atoms with Gasteiger partial charge in [-0.3, -0.25) is 14.4 Å². The van der Waals surface area contributed by atoms with Gasteiger partial charge in [-0.2, -0.15) is 4.98 Å². The van der Waals surface area contributed by atoms with E-state index < -0.39 is 0 Å². The molecule has 0 unspecified atom stereocenters. The lowest BCUT2D eigenvalue weighted by Crippen LogP contribution is -2.47. The fraction of sp³-hybridized carbons (Fsp3) is 0.318. The highest BCUT2D eigenvalue weighted by atomic mass is 35.5. The highest BCUT2D eigenvalue weighted by Gasteiger charge is 2.21. The van der Waals surface area contributed by atoms with Gasteiger partial charge in [-0.15, -0.1) is 0 Å². The third-order valence-electron chi connectivity index (χ3n) is 5.65. The lowest BCUT2D eigenvalue weighted by Gasteiger charge is -2.33. The molecule has 1 saturated heterocycles. The van der Waals surface area contributed by atoms with Crippen molar-refractivity contribution in [3.8, 4) is 11.4 Å². The molecule has 0 saturated carbocycles. The van der Waals surface area contributed by atoms with E-state index in [1.807, 2.05) is 37.3 Å². The van der Waals surface area contributed by atoms with Gasteiger partial charge in [0.05, 0.1) is 18.7 Å². The van der Waals surface area contributed by atoms with E-state index in [0.29, 0.717) is 35.5 Å². The first-order valence-electron chi connectivity index (χ1n) is 10.2. The summed E-state index contributed by atoms with van der Waals surface area (Å²) in [5.74, 6) is 0.868. The number of hydrogen-bond acceptors (Lipinski definition) is 7. The first-order chi connectivity index (χ1) is 15.1. The van der Waals surface area contributed by atoms with Gasteiger partial charge < -0.3 is 8.94 Å². The maximum atomic E-state index is 12.3. The van der Waals surface area contributed by atoms with E-state index in [0.717, 1.165) is 42.8 Å². The molecule has 0 aliphatic carbocycles. The first kappa shape index (κ1) is 20.0. The number of rotatable bonds is 5. The minimum absolute atomic E-state index is 0.366. The normalized spacial score (nSPS) is 15.7. The topological polar surface area (TPSA) is 80.5 Å². The minimum atomic E-state index is -0.366. The van der Waals surface area contributed by atoms with Crippen LogP contribution in [0.2, 0.25) is 5.02 Å². The molecule has 2 aromatic heterocycles. The Morgan fingerprint density at radius 3 is 2.65 bits per heavy atom. The number of piperazine rings is 1. The predicted molar refractivity (Wildman–Crippen MR) is 117 cm³/mol.